The molecule has 2 aromatic rings. The van der Waals surface area contributed by atoms with Crippen molar-refractivity contribution in [1.82, 2.24) is 9.97 Å². The van der Waals surface area contributed by atoms with Gasteiger partial charge in [-0.15, -0.1) is 0 Å². The summed E-state index contributed by atoms with van der Waals surface area (Å²) >= 11 is 29.1. The zero-order valence-electron chi connectivity index (χ0n) is 8.17. The van der Waals surface area contributed by atoms with Crippen LogP contribution >= 0.6 is 58.0 Å². The molecule has 0 unspecified atom stereocenters. The van der Waals surface area contributed by atoms with E-state index in [1.165, 1.54) is 0 Å². The minimum Gasteiger partial charge on any atom is -0.246 e. The van der Waals surface area contributed by atoms with Crippen LogP contribution in [0, 0.1) is 0 Å². The number of para-hydroxylation sites is 2. The summed E-state index contributed by atoms with van der Waals surface area (Å²) in [5.74, 6) is 0. The number of hydrogen-bond donors (Lipinski definition) is 0. The van der Waals surface area contributed by atoms with Gasteiger partial charge in [-0.05, 0) is 12.1 Å². The third kappa shape index (κ3) is 2.88. The molecule has 0 radical (unpaired) electrons. The van der Waals surface area contributed by atoms with Gasteiger partial charge in [-0.2, -0.15) is 0 Å². The van der Waals surface area contributed by atoms with Crippen LogP contribution < -0.4 is 0 Å². The van der Waals surface area contributed by atoms with Crippen LogP contribution in [0.1, 0.15) is 16.2 Å². The maximum atomic E-state index is 5.82. The van der Waals surface area contributed by atoms with Gasteiger partial charge in [-0.3, -0.25) is 0 Å². The van der Waals surface area contributed by atoms with Crippen LogP contribution in [0.4, 0.5) is 0 Å². The molecule has 0 aliphatic rings. The maximum absolute atomic E-state index is 5.82. The van der Waals surface area contributed by atoms with Crippen molar-refractivity contribution in [2.45, 2.75) is 8.63 Å². The molecule has 90 valence electrons. The van der Waals surface area contributed by atoms with E-state index in [1.54, 1.807) is 12.1 Å². The summed E-state index contributed by atoms with van der Waals surface area (Å²) in [6, 6.07) is 7.19. The molecule has 0 bridgehead atoms. The van der Waals surface area contributed by atoms with Gasteiger partial charge in [0, 0.05) is 0 Å². The van der Waals surface area contributed by atoms with E-state index in [-0.39, 0.29) is 11.4 Å². The molecule has 0 atom stereocenters. The third-order valence-electron chi connectivity index (χ3n) is 2.07. The summed E-state index contributed by atoms with van der Waals surface area (Å²) < 4.78 is -1.71. The first-order valence-corrected chi connectivity index (χ1v) is 6.52. The van der Waals surface area contributed by atoms with Crippen LogP contribution in [-0.2, 0) is 3.79 Å². The van der Waals surface area contributed by atoms with Gasteiger partial charge < -0.3 is 0 Å². The number of benzene rings is 1. The van der Waals surface area contributed by atoms with Crippen LogP contribution in [-0.4, -0.2) is 9.97 Å². The molecule has 0 N–H and O–H groups in total. The highest BCUT2D eigenvalue weighted by Gasteiger charge is 2.31. The zero-order chi connectivity index (χ0) is 12.6. The molecule has 0 aliphatic heterocycles. The van der Waals surface area contributed by atoms with Crippen LogP contribution in [0.25, 0.3) is 11.0 Å². The smallest absolute Gasteiger partial charge is 0.234 e. The number of rotatable bonds is 1. The fourth-order valence-corrected chi connectivity index (χ4v) is 2.10. The van der Waals surface area contributed by atoms with Gasteiger partial charge in [0.15, 0.2) is 4.84 Å². The van der Waals surface area contributed by atoms with Crippen molar-refractivity contribution in [3.63, 3.8) is 0 Å². The first kappa shape index (κ1) is 13.4. The van der Waals surface area contributed by atoms with Gasteiger partial charge in [0.25, 0.3) is 0 Å². The van der Waals surface area contributed by atoms with E-state index in [0.717, 1.165) is 0 Å². The highest BCUT2D eigenvalue weighted by molar-refractivity contribution is 6.66. The zero-order valence-corrected chi connectivity index (χ0v) is 12.0. The SMILES string of the molecule is ClC(Cl)c1nc2ccccc2nc1C(Cl)(Cl)Cl. The number of aromatic nitrogens is 2. The molecule has 0 spiro atoms. The molecule has 0 saturated carbocycles. The molecule has 17 heavy (non-hydrogen) atoms. The quantitative estimate of drug-likeness (QED) is 0.693. The molecule has 0 amide bonds. The van der Waals surface area contributed by atoms with Crippen molar-refractivity contribution >= 4 is 69.0 Å². The third-order valence-corrected chi connectivity index (χ3v) is 3.02. The van der Waals surface area contributed by atoms with Crippen molar-refractivity contribution in [1.29, 1.82) is 0 Å². The van der Waals surface area contributed by atoms with E-state index in [9.17, 15) is 0 Å². The molecule has 1 aromatic heterocycles. The van der Waals surface area contributed by atoms with Gasteiger partial charge in [-0.1, -0.05) is 70.1 Å². The normalized spacial score (nSPS) is 12.4. The summed E-state index contributed by atoms with van der Waals surface area (Å²) in [6.07, 6.45) is 0. The lowest BCUT2D eigenvalue weighted by Gasteiger charge is -2.15. The first-order valence-electron chi connectivity index (χ1n) is 4.51. The maximum Gasteiger partial charge on any atom is 0.234 e. The number of nitrogens with zero attached hydrogens (tertiary/aromatic N) is 2. The fraction of sp³-hybridized carbons (Fsp3) is 0.200. The second-order valence-electron chi connectivity index (χ2n) is 3.24. The molecule has 7 heteroatoms. The Morgan fingerprint density at radius 3 is 1.94 bits per heavy atom. The number of fused-ring (bicyclic) bond motifs is 1. The predicted molar refractivity (Wildman–Crippen MR) is 73.2 cm³/mol. The molecule has 2 rings (SSSR count). The second-order valence-corrected chi connectivity index (χ2v) is 6.62. The van der Waals surface area contributed by atoms with Gasteiger partial charge in [0.2, 0.25) is 3.79 Å². The monoisotopic (exact) mass is 328 g/mol. The number of hydrogen-bond acceptors (Lipinski definition) is 2. The Bertz CT molecular complexity index is 550. The van der Waals surface area contributed by atoms with Crippen molar-refractivity contribution in [2.24, 2.45) is 0 Å². The molecular formula is C10H5Cl5N2. The molecule has 1 aromatic carbocycles. The lowest BCUT2D eigenvalue weighted by Crippen LogP contribution is -2.11. The van der Waals surface area contributed by atoms with E-state index in [0.29, 0.717) is 11.0 Å². The summed E-state index contributed by atoms with van der Waals surface area (Å²) in [5.41, 5.74) is 1.67. The van der Waals surface area contributed by atoms with E-state index in [2.05, 4.69) is 9.97 Å². The highest BCUT2D eigenvalue weighted by Crippen LogP contribution is 2.42. The Labute approximate surface area is 123 Å². The topological polar surface area (TPSA) is 25.8 Å². The van der Waals surface area contributed by atoms with Crippen LogP contribution in [0.5, 0.6) is 0 Å². The molecule has 0 fully saturated rings. The lowest BCUT2D eigenvalue weighted by molar-refractivity contribution is 0.999. The van der Waals surface area contributed by atoms with Gasteiger partial charge in [0.05, 0.1) is 16.7 Å². The Balaban J connectivity index is 2.75. The minimum atomic E-state index is -1.71. The molecule has 0 saturated heterocycles. The Morgan fingerprint density at radius 1 is 0.941 bits per heavy atom. The van der Waals surface area contributed by atoms with E-state index in [1.807, 2.05) is 12.1 Å². The summed E-state index contributed by atoms with van der Waals surface area (Å²) in [6.45, 7) is 0. The van der Waals surface area contributed by atoms with Crippen molar-refractivity contribution in [2.75, 3.05) is 0 Å². The Morgan fingerprint density at radius 2 is 1.47 bits per heavy atom. The van der Waals surface area contributed by atoms with E-state index < -0.39 is 8.63 Å². The van der Waals surface area contributed by atoms with Crippen molar-refractivity contribution < 1.29 is 0 Å². The summed E-state index contributed by atoms with van der Waals surface area (Å²) in [4.78, 5) is 7.60. The molecule has 2 nitrogen and oxygen atoms in total. The van der Waals surface area contributed by atoms with Crippen LogP contribution in [0.2, 0.25) is 0 Å². The van der Waals surface area contributed by atoms with Gasteiger partial charge in [0.1, 0.15) is 5.69 Å². The first-order chi connectivity index (χ1) is 7.89. The second kappa shape index (κ2) is 4.94. The number of halogens is 5. The highest BCUT2D eigenvalue weighted by atomic mass is 35.6. The molecule has 0 aliphatic carbocycles. The number of alkyl halides is 5. The predicted octanol–water partition coefficient (Wildman–Crippen LogP) is 4.93. The standard InChI is InChI=1S/C10H5Cl5N2/c11-9(12)7-8(10(13,14)15)17-6-4-2-1-3-5(6)16-7/h1-4,9H. The minimum absolute atomic E-state index is 0.149. The Hall–Kier alpha value is 0.01000. The molecule has 1 heterocycles. The summed E-state index contributed by atoms with van der Waals surface area (Å²) in [5, 5.41) is 0. The van der Waals surface area contributed by atoms with Crippen LogP contribution in [0.3, 0.4) is 0 Å². The Kier molecular flexibility index (Phi) is 3.91. The van der Waals surface area contributed by atoms with Gasteiger partial charge >= 0.3 is 0 Å². The van der Waals surface area contributed by atoms with Crippen molar-refractivity contribution in [3.8, 4) is 0 Å². The largest absolute Gasteiger partial charge is 0.246 e. The van der Waals surface area contributed by atoms with Gasteiger partial charge in [-0.25, -0.2) is 9.97 Å². The van der Waals surface area contributed by atoms with Crippen LogP contribution in [0.15, 0.2) is 24.3 Å². The average Bonchev–Trinajstić information content (AvgIpc) is 2.26. The lowest BCUT2D eigenvalue weighted by atomic mass is 10.2. The average molecular weight is 330 g/mol. The summed E-state index contributed by atoms with van der Waals surface area (Å²) in [7, 11) is 0. The van der Waals surface area contributed by atoms with E-state index in [4.69, 9.17) is 58.0 Å². The van der Waals surface area contributed by atoms with E-state index >= 15 is 0 Å². The van der Waals surface area contributed by atoms with Crippen molar-refractivity contribution in [3.05, 3.63) is 35.7 Å². The fourth-order valence-electron chi connectivity index (χ4n) is 1.37. The molecular weight excluding hydrogens is 325 g/mol.